The quantitative estimate of drug-likeness (QED) is 0.365. The predicted molar refractivity (Wildman–Crippen MR) is 102 cm³/mol. The first-order chi connectivity index (χ1) is 15.5. The smallest absolute Gasteiger partial charge is 0.431 e. The topological polar surface area (TPSA) is 83.2 Å². The molecule has 13 heteroatoms. The fraction of sp³-hybridized carbons (Fsp3) is 0.200. The summed E-state index contributed by atoms with van der Waals surface area (Å²) in [6.45, 7) is -3.80. The molecule has 0 aliphatic carbocycles. The lowest BCUT2D eigenvalue weighted by atomic mass is 10.1. The number of benzene rings is 2. The first-order valence-electron chi connectivity index (χ1n) is 9.17. The van der Waals surface area contributed by atoms with E-state index in [1.807, 2.05) is 0 Å². The van der Waals surface area contributed by atoms with Gasteiger partial charge in [0.2, 0.25) is 0 Å². The SMILES string of the molecule is O=C(NCCc1c(C(F)(F)F)[nH]c2ccccc12)C(=O)Nc1cc(F)c(OC(F)F)cc1F. The summed E-state index contributed by atoms with van der Waals surface area (Å²) in [5, 5.41) is 4.11. The van der Waals surface area contributed by atoms with E-state index in [0.717, 1.165) is 0 Å². The van der Waals surface area contributed by atoms with Crippen LogP contribution in [0.5, 0.6) is 5.75 Å². The molecule has 3 aromatic rings. The number of hydrogen-bond acceptors (Lipinski definition) is 3. The second kappa shape index (κ2) is 9.38. The summed E-state index contributed by atoms with van der Waals surface area (Å²) in [6, 6.07) is 6.58. The average Bonchev–Trinajstić information content (AvgIpc) is 3.10. The highest BCUT2D eigenvalue weighted by atomic mass is 19.4. The highest BCUT2D eigenvalue weighted by Gasteiger charge is 2.36. The number of rotatable bonds is 6. The Labute approximate surface area is 180 Å². The molecule has 33 heavy (non-hydrogen) atoms. The Morgan fingerprint density at radius 3 is 2.39 bits per heavy atom. The summed E-state index contributed by atoms with van der Waals surface area (Å²) >= 11 is 0. The van der Waals surface area contributed by atoms with Crippen molar-refractivity contribution in [3.63, 3.8) is 0 Å². The number of carbonyl (C=O) groups is 2. The number of para-hydroxylation sites is 1. The lowest BCUT2D eigenvalue weighted by molar-refractivity contribution is -0.141. The maximum absolute atomic E-state index is 13.9. The van der Waals surface area contributed by atoms with Crippen LogP contribution in [-0.4, -0.2) is 30.0 Å². The number of halogens is 7. The Kier molecular flexibility index (Phi) is 6.79. The van der Waals surface area contributed by atoms with Gasteiger partial charge in [0.25, 0.3) is 0 Å². The fourth-order valence-electron chi connectivity index (χ4n) is 3.07. The van der Waals surface area contributed by atoms with Crippen LogP contribution < -0.4 is 15.4 Å². The van der Waals surface area contributed by atoms with E-state index in [0.29, 0.717) is 6.07 Å². The summed E-state index contributed by atoms with van der Waals surface area (Å²) in [6.07, 6.45) is -4.97. The van der Waals surface area contributed by atoms with Gasteiger partial charge in [-0.2, -0.15) is 22.0 Å². The number of nitrogens with one attached hydrogen (secondary N) is 3. The second-order valence-corrected chi connectivity index (χ2v) is 6.62. The number of H-pyrrole nitrogens is 1. The molecule has 0 saturated carbocycles. The van der Waals surface area contributed by atoms with Crippen LogP contribution in [0.4, 0.5) is 36.4 Å². The molecule has 0 spiro atoms. The highest BCUT2D eigenvalue weighted by molar-refractivity contribution is 6.39. The summed E-state index contributed by atoms with van der Waals surface area (Å²) in [7, 11) is 0. The monoisotopic (exact) mass is 477 g/mol. The van der Waals surface area contributed by atoms with E-state index in [-0.39, 0.29) is 35.5 Å². The molecule has 2 aromatic carbocycles. The summed E-state index contributed by atoms with van der Waals surface area (Å²) in [5.41, 5.74) is -1.71. The van der Waals surface area contributed by atoms with Gasteiger partial charge in [-0.15, -0.1) is 0 Å². The molecular formula is C20H14F7N3O3. The standard InChI is InChI=1S/C20H14F7N3O3/c21-11-8-15(33-19(23)24)12(22)7-14(11)30-18(32)17(31)28-6-5-10-9-3-1-2-4-13(9)29-16(10)20(25,26)27/h1-4,7-8,19,29H,5-6H2,(H,28,31)(H,30,32). The lowest BCUT2D eigenvalue weighted by Crippen LogP contribution is -2.36. The van der Waals surface area contributed by atoms with E-state index in [4.69, 9.17) is 0 Å². The molecule has 0 fully saturated rings. The number of anilines is 1. The van der Waals surface area contributed by atoms with Crippen LogP contribution in [0.15, 0.2) is 36.4 Å². The largest absolute Gasteiger partial charge is 0.432 e. The molecule has 0 bridgehead atoms. The molecule has 2 amide bonds. The number of aromatic nitrogens is 1. The van der Waals surface area contributed by atoms with Gasteiger partial charge in [-0.05, 0) is 18.1 Å². The molecule has 0 radical (unpaired) electrons. The Balaban J connectivity index is 1.65. The summed E-state index contributed by atoms with van der Waals surface area (Å²) in [4.78, 5) is 26.1. The summed E-state index contributed by atoms with van der Waals surface area (Å²) < 4.78 is 95.6. The van der Waals surface area contributed by atoms with Gasteiger partial charge in [0.15, 0.2) is 17.4 Å². The Morgan fingerprint density at radius 1 is 1.03 bits per heavy atom. The first-order valence-corrected chi connectivity index (χ1v) is 9.17. The van der Waals surface area contributed by atoms with Crippen LogP contribution in [-0.2, 0) is 22.2 Å². The van der Waals surface area contributed by atoms with Crippen molar-refractivity contribution in [2.75, 3.05) is 11.9 Å². The van der Waals surface area contributed by atoms with Crippen molar-refractivity contribution in [1.82, 2.24) is 10.3 Å². The van der Waals surface area contributed by atoms with Crippen LogP contribution in [0.2, 0.25) is 0 Å². The van der Waals surface area contributed by atoms with E-state index in [2.05, 4.69) is 15.0 Å². The minimum atomic E-state index is -4.68. The number of carbonyl (C=O) groups excluding carboxylic acids is 2. The van der Waals surface area contributed by atoms with Crippen LogP contribution >= 0.6 is 0 Å². The second-order valence-electron chi connectivity index (χ2n) is 6.62. The van der Waals surface area contributed by atoms with Crippen molar-refractivity contribution in [1.29, 1.82) is 0 Å². The number of hydrogen-bond donors (Lipinski definition) is 3. The van der Waals surface area contributed by atoms with E-state index < -0.39 is 53.4 Å². The van der Waals surface area contributed by atoms with Crippen molar-refractivity contribution in [3.05, 3.63) is 59.3 Å². The number of amides is 2. The molecule has 6 nitrogen and oxygen atoms in total. The molecule has 0 aliphatic rings. The minimum Gasteiger partial charge on any atom is -0.432 e. The van der Waals surface area contributed by atoms with Gasteiger partial charge in [0.1, 0.15) is 5.69 Å². The Morgan fingerprint density at radius 2 is 1.73 bits per heavy atom. The van der Waals surface area contributed by atoms with Crippen molar-refractivity contribution in [2.45, 2.75) is 19.2 Å². The van der Waals surface area contributed by atoms with Gasteiger partial charge in [-0.25, -0.2) is 8.78 Å². The Hall–Kier alpha value is -3.77. The normalized spacial score (nSPS) is 11.6. The van der Waals surface area contributed by atoms with Gasteiger partial charge in [-0.3, -0.25) is 9.59 Å². The molecule has 176 valence electrons. The van der Waals surface area contributed by atoms with Crippen molar-refractivity contribution in [3.8, 4) is 5.75 Å². The maximum atomic E-state index is 13.9. The van der Waals surface area contributed by atoms with Gasteiger partial charge >= 0.3 is 24.6 Å². The zero-order valence-corrected chi connectivity index (χ0v) is 16.3. The molecule has 0 atom stereocenters. The van der Waals surface area contributed by atoms with E-state index >= 15 is 0 Å². The van der Waals surface area contributed by atoms with Crippen LogP contribution in [0, 0.1) is 11.6 Å². The van der Waals surface area contributed by atoms with E-state index in [1.165, 1.54) is 18.2 Å². The van der Waals surface area contributed by atoms with Crippen LogP contribution in [0.1, 0.15) is 11.3 Å². The number of ether oxygens (including phenoxy) is 1. The minimum absolute atomic E-state index is 0.124. The third-order valence-electron chi connectivity index (χ3n) is 4.45. The van der Waals surface area contributed by atoms with Crippen molar-refractivity contribution < 1.29 is 45.1 Å². The number of alkyl halides is 5. The fourth-order valence-corrected chi connectivity index (χ4v) is 3.07. The van der Waals surface area contributed by atoms with E-state index in [9.17, 15) is 40.3 Å². The third kappa shape index (κ3) is 5.54. The molecular weight excluding hydrogens is 463 g/mol. The number of fused-ring (bicyclic) bond motifs is 1. The Bertz CT molecular complexity index is 1190. The lowest BCUT2D eigenvalue weighted by Gasteiger charge is -2.11. The molecule has 3 rings (SSSR count). The maximum Gasteiger partial charge on any atom is 0.431 e. The average molecular weight is 477 g/mol. The molecule has 1 heterocycles. The van der Waals surface area contributed by atoms with Gasteiger partial charge in [-0.1, -0.05) is 18.2 Å². The third-order valence-corrected chi connectivity index (χ3v) is 4.45. The van der Waals surface area contributed by atoms with Crippen LogP contribution in [0.25, 0.3) is 10.9 Å². The molecule has 3 N–H and O–H groups in total. The van der Waals surface area contributed by atoms with Gasteiger partial charge in [0, 0.05) is 29.6 Å². The van der Waals surface area contributed by atoms with Crippen LogP contribution in [0.3, 0.4) is 0 Å². The molecule has 1 aromatic heterocycles. The molecule has 0 aliphatic heterocycles. The number of aromatic amines is 1. The van der Waals surface area contributed by atoms with Gasteiger partial charge < -0.3 is 20.4 Å². The predicted octanol–water partition coefficient (Wildman–Crippen LogP) is 4.36. The van der Waals surface area contributed by atoms with Crippen molar-refractivity contribution in [2.24, 2.45) is 0 Å². The summed E-state index contributed by atoms with van der Waals surface area (Å²) in [5.74, 6) is -6.68. The molecule has 0 saturated heterocycles. The first kappa shape index (κ1) is 23.9. The van der Waals surface area contributed by atoms with Gasteiger partial charge in [0.05, 0.1) is 5.69 Å². The van der Waals surface area contributed by atoms with Crippen molar-refractivity contribution >= 4 is 28.4 Å². The molecule has 0 unspecified atom stereocenters. The highest BCUT2D eigenvalue weighted by Crippen LogP contribution is 2.35. The zero-order valence-electron chi connectivity index (χ0n) is 16.3. The van der Waals surface area contributed by atoms with E-state index in [1.54, 1.807) is 11.4 Å². The zero-order chi connectivity index (χ0) is 24.3.